The van der Waals surface area contributed by atoms with Gasteiger partial charge in [-0.05, 0) is 31.9 Å². The van der Waals surface area contributed by atoms with E-state index >= 15 is 0 Å². The molecule has 0 aliphatic carbocycles. The zero-order valence-corrected chi connectivity index (χ0v) is 16.0. The van der Waals surface area contributed by atoms with Gasteiger partial charge in [-0.25, -0.2) is 8.42 Å². The van der Waals surface area contributed by atoms with Crippen molar-refractivity contribution in [3.05, 3.63) is 34.4 Å². The van der Waals surface area contributed by atoms with Gasteiger partial charge >= 0.3 is 0 Å². The highest BCUT2D eigenvalue weighted by atomic mass is 32.2. The van der Waals surface area contributed by atoms with Gasteiger partial charge in [-0.1, -0.05) is 0 Å². The molecule has 0 aromatic heterocycles. The molecular weight excluding hydrogens is 372 g/mol. The minimum Gasteiger partial charge on any atom is -0.337 e. The van der Waals surface area contributed by atoms with Crippen LogP contribution in [0.1, 0.15) is 19.8 Å². The molecule has 0 radical (unpaired) electrons. The highest BCUT2D eigenvalue weighted by Gasteiger charge is 2.36. The summed E-state index contributed by atoms with van der Waals surface area (Å²) in [5.74, 6) is -0.347. The Morgan fingerprint density at radius 1 is 1.26 bits per heavy atom. The van der Waals surface area contributed by atoms with Crippen LogP contribution < -0.4 is 5.32 Å². The van der Waals surface area contributed by atoms with Gasteiger partial charge in [0.15, 0.2) is 0 Å². The first-order valence-corrected chi connectivity index (χ1v) is 10.5. The Labute approximate surface area is 158 Å². The van der Waals surface area contributed by atoms with Crippen LogP contribution in [0.15, 0.2) is 29.2 Å². The maximum absolute atomic E-state index is 12.9. The second-order valence-corrected chi connectivity index (χ2v) is 8.98. The van der Waals surface area contributed by atoms with Crippen LogP contribution in [0, 0.1) is 16.0 Å². The number of rotatable bonds is 4. The molecule has 9 nitrogen and oxygen atoms in total. The number of piperidine rings is 1. The van der Waals surface area contributed by atoms with Crippen LogP contribution in [0.5, 0.6) is 0 Å². The Morgan fingerprint density at radius 2 is 1.96 bits per heavy atom. The first-order chi connectivity index (χ1) is 12.8. The first-order valence-electron chi connectivity index (χ1n) is 9.06. The zero-order chi connectivity index (χ0) is 19.6. The minimum atomic E-state index is -3.79. The molecule has 0 saturated carbocycles. The molecule has 1 unspecified atom stereocenters. The Balaban J connectivity index is 1.74. The van der Waals surface area contributed by atoms with Crippen LogP contribution in [-0.4, -0.2) is 67.2 Å². The smallest absolute Gasteiger partial charge is 0.269 e. The van der Waals surface area contributed by atoms with E-state index in [1.54, 1.807) is 0 Å². The highest BCUT2D eigenvalue weighted by Crippen LogP contribution is 2.26. The molecule has 148 valence electrons. The number of nitrogens with zero attached hydrogens (tertiary/aromatic N) is 3. The topological polar surface area (TPSA) is 113 Å². The molecule has 2 heterocycles. The predicted octanol–water partition coefficient (Wildman–Crippen LogP) is 0.816. The molecule has 2 atom stereocenters. The standard InChI is InChI=1S/C17H24N4O5S/c1-13-11-18-8-10-20(13)17(22)14-3-2-9-19(12-14)27(25,26)16-6-4-15(5-7-16)21(23)24/h4-7,13-14,18H,2-3,8-12H2,1H3/t13-,14?/m1/s1. The number of benzene rings is 1. The van der Waals surface area contributed by atoms with Crippen LogP contribution in [0.3, 0.4) is 0 Å². The molecule has 1 aromatic carbocycles. The van der Waals surface area contributed by atoms with E-state index in [0.717, 1.165) is 13.1 Å². The van der Waals surface area contributed by atoms with E-state index in [-0.39, 0.29) is 35.0 Å². The van der Waals surface area contributed by atoms with Crippen molar-refractivity contribution in [1.29, 1.82) is 0 Å². The fraction of sp³-hybridized carbons (Fsp3) is 0.588. The van der Waals surface area contributed by atoms with Gasteiger partial charge in [-0.3, -0.25) is 14.9 Å². The number of hydrogen-bond acceptors (Lipinski definition) is 6. The number of hydrogen-bond donors (Lipinski definition) is 1. The number of nitrogens with one attached hydrogen (secondary N) is 1. The van der Waals surface area contributed by atoms with Gasteiger partial charge in [0.05, 0.1) is 15.7 Å². The summed E-state index contributed by atoms with van der Waals surface area (Å²) in [7, 11) is -3.79. The van der Waals surface area contributed by atoms with Gasteiger partial charge in [0, 0.05) is 50.9 Å². The summed E-state index contributed by atoms with van der Waals surface area (Å²) >= 11 is 0. The summed E-state index contributed by atoms with van der Waals surface area (Å²) in [5, 5.41) is 14.0. The van der Waals surface area contributed by atoms with E-state index in [2.05, 4.69) is 5.32 Å². The van der Waals surface area contributed by atoms with E-state index in [1.165, 1.54) is 28.6 Å². The first kappa shape index (κ1) is 19.7. The molecular formula is C17H24N4O5S. The Hall–Kier alpha value is -2.04. The lowest BCUT2D eigenvalue weighted by atomic mass is 9.97. The fourth-order valence-electron chi connectivity index (χ4n) is 3.65. The maximum Gasteiger partial charge on any atom is 0.269 e. The van der Waals surface area contributed by atoms with Gasteiger partial charge in [-0.15, -0.1) is 0 Å². The molecule has 2 aliphatic rings. The third-order valence-electron chi connectivity index (χ3n) is 5.20. The quantitative estimate of drug-likeness (QED) is 0.595. The van der Waals surface area contributed by atoms with Crippen molar-refractivity contribution in [2.24, 2.45) is 5.92 Å². The molecule has 2 aliphatic heterocycles. The number of sulfonamides is 1. The van der Waals surface area contributed by atoms with E-state index in [4.69, 9.17) is 0 Å². The van der Waals surface area contributed by atoms with Crippen LogP contribution in [-0.2, 0) is 14.8 Å². The Bertz CT molecular complexity index is 811. The van der Waals surface area contributed by atoms with Crippen LogP contribution >= 0.6 is 0 Å². The molecule has 0 bridgehead atoms. The number of carbonyl (C=O) groups excluding carboxylic acids is 1. The highest BCUT2D eigenvalue weighted by molar-refractivity contribution is 7.89. The average Bonchev–Trinajstić information content (AvgIpc) is 2.68. The summed E-state index contributed by atoms with van der Waals surface area (Å²) in [6.45, 7) is 4.59. The zero-order valence-electron chi connectivity index (χ0n) is 15.2. The molecule has 10 heteroatoms. The summed E-state index contributed by atoms with van der Waals surface area (Å²) in [6.07, 6.45) is 1.28. The number of amides is 1. The van der Waals surface area contributed by atoms with E-state index in [0.29, 0.717) is 25.9 Å². The number of nitro benzene ring substituents is 1. The molecule has 3 rings (SSSR count). The predicted molar refractivity (Wildman–Crippen MR) is 98.6 cm³/mol. The fourth-order valence-corrected chi connectivity index (χ4v) is 5.18. The van der Waals surface area contributed by atoms with Crippen molar-refractivity contribution in [2.45, 2.75) is 30.7 Å². The van der Waals surface area contributed by atoms with Gasteiger partial charge in [0.1, 0.15) is 0 Å². The molecule has 2 saturated heterocycles. The maximum atomic E-state index is 12.9. The summed E-state index contributed by atoms with van der Waals surface area (Å²) in [4.78, 5) is 24.9. The van der Waals surface area contributed by atoms with Gasteiger partial charge in [0.25, 0.3) is 5.69 Å². The SMILES string of the molecule is C[C@@H]1CNCCN1C(=O)C1CCCN(S(=O)(=O)c2ccc([N+](=O)[O-])cc2)C1. The summed E-state index contributed by atoms with van der Waals surface area (Å²) in [5.41, 5.74) is -0.159. The van der Waals surface area contributed by atoms with E-state index < -0.39 is 14.9 Å². The van der Waals surface area contributed by atoms with E-state index in [1.807, 2.05) is 11.8 Å². The summed E-state index contributed by atoms with van der Waals surface area (Å²) in [6, 6.07) is 4.95. The van der Waals surface area contributed by atoms with Crippen molar-refractivity contribution in [2.75, 3.05) is 32.7 Å². The summed E-state index contributed by atoms with van der Waals surface area (Å²) < 4.78 is 27.1. The normalized spacial score (nSPS) is 24.6. The number of piperazine rings is 1. The largest absolute Gasteiger partial charge is 0.337 e. The number of carbonyl (C=O) groups is 1. The molecule has 1 amide bonds. The molecule has 27 heavy (non-hydrogen) atoms. The monoisotopic (exact) mass is 396 g/mol. The van der Waals surface area contributed by atoms with Crippen molar-refractivity contribution < 1.29 is 18.1 Å². The van der Waals surface area contributed by atoms with Crippen molar-refractivity contribution in [3.8, 4) is 0 Å². The van der Waals surface area contributed by atoms with Crippen molar-refractivity contribution in [1.82, 2.24) is 14.5 Å². The van der Waals surface area contributed by atoms with Crippen molar-refractivity contribution >= 4 is 21.6 Å². The van der Waals surface area contributed by atoms with Crippen molar-refractivity contribution in [3.63, 3.8) is 0 Å². The second-order valence-electron chi connectivity index (χ2n) is 7.04. The van der Waals surface area contributed by atoms with Crippen LogP contribution in [0.4, 0.5) is 5.69 Å². The Morgan fingerprint density at radius 3 is 2.59 bits per heavy atom. The molecule has 2 fully saturated rings. The molecule has 1 N–H and O–H groups in total. The lowest BCUT2D eigenvalue weighted by molar-refractivity contribution is -0.384. The number of non-ortho nitro benzene ring substituents is 1. The second kappa shape index (κ2) is 7.91. The molecule has 0 spiro atoms. The third kappa shape index (κ3) is 4.12. The van der Waals surface area contributed by atoms with E-state index in [9.17, 15) is 23.3 Å². The van der Waals surface area contributed by atoms with Gasteiger partial charge in [-0.2, -0.15) is 4.31 Å². The Kier molecular flexibility index (Phi) is 5.78. The van der Waals surface area contributed by atoms with Gasteiger partial charge in [0.2, 0.25) is 15.9 Å². The average molecular weight is 396 g/mol. The van der Waals surface area contributed by atoms with Gasteiger partial charge < -0.3 is 10.2 Å². The van der Waals surface area contributed by atoms with Crippen LogP contribution in [0.2, 0.25) is 0 Å². The lowest BCUT2D eigenvalue weighted by Gasteiger charge is -2.39. The third-order valence-corrected chi connectivity index (χ3v) is 7.08. The molecule has 1 aromatic rings. The van der Waals surface area contributed by atoms with Crippen LogP contribution in [0.25, 0.3) is 0 Å². The lowest BCUT2D eigenvalue weighted by Crippen LogP contribution is -2.55. The number of nitro groups is 1. The minimum absolute atomic E-state index is 0.00704.